The first-order chi connectivity index (χ1) is 8.76. The minimum Gasteiger partial charge on any atom is -0.392 e. The van der Waals surface area contributed by atoms with Gasteiger partial charge in [-0.2, -0.15) is 0 Å². The van der Waals surface area contributed by atoms with Gasteiger partial charge >= 0.3 is 0 Å². The van der Waals surface area contributed by atoms with E-state index in [1.165, 1.54) is 15.0 Å². The number of aliphatic hydroxyl groups excluding tert-OH is 1. The largest absolute Gasteiger partial charge is 0.392 e. The lowest BCUT2D eigenvalue weighted by Crippen LogP contribution is -1.84. The number of hydrogen-bond acceptors (Lipinski definition) is 2. The lowest BCUT2D eigenvalue weighted by atomic mass is 10.1. The first-order valence-corrected chi connectivity index (χ1v) is 6.85. The van der Waals surface area contributed by atoms with Crippen LogP contribution in [0, 0.1) is 0 Å². The molecule has 0 bridgehead atoms. The molecule has 3 rings (SSSR count). The van der Waals surface area contributed by atoms with Crippen molar-refractivity contribution >= 4 is 33.0 Å². The number of aliphatic hydroxyl groups is 1. The second kappa shape index (κ2) is 4.73. The molecule has 1 heterocycles. The molecule has 0 atom stereocenters. The lowest BCUT2D eigenvalue weighted by Gasteiger charge is -2.02. The van der Waals surface area contributed by atoms with Gasteiger partial charge in [0.2, 0.25) is 0 Å². The summed E-state index contributed by atoms with van der Waals surface area (Å²) in [5.41, 5.74) is 1.91. The summed E-state index contributed by atoms with van der Waals surface area (Å²) in [6, 6.07) is 16.2. The van der Waals surface area contributed by atoms with Gasteiger partial charge in [0, 0.05) is 14.6 Å². The van der Waals surface area contributed by atoms with Gasteiger partial charge in [0.25, 0.3) is 0 Å². The highest BCUT2D eigenvalue weighted by molar-refractivity contribution is 7.22. The summed E-state index contributed by atoms with van der Waals surface area (Å²) in [6.07, 6.45) is 0. The molecular weight excluding hydrogens is 264 g/mol. The number of benzene rings is 2. The monoisotopic (exact) mass is 274 g/mol. The molecule has 0 aliphatic carbocycles. The van der Waals surface area contributed by atoms with Crippen LogP contribution in [-0.2, 0) is 6.61 Å². The van der Waals surface area contributed by atoms with Crippen molar-refractivity contribution in [1.29, 1.82) is 0 Å². The highest BCUT2D eigenvalue weighted by Gasteiger charge is 2.06. The third kappa shape index (κ3) is 2.15. The normalized spacial score (nSPS) is 11.0. The number of rotatable bonds is 2. The third-order valence-electron chi connectivity index (χ3n) is 2.85. The summed E-state index contributed by atoms with van der Waals surface area (Å²) in [5, 5.41) is 11.1. The minimum absolute atomic E-state index is 0.0124. The first kappa shape index (κ1) is 11.7. The molecule has 0 fully saturated rings. The van der Waals surface area contributed by atoms with E-state index in [4.69, 9.17) is 11.6 Å². The van der Waals surface area contributed by atoms with Gasteiger partial charge in [0.15, 0.2) is 0 Å². The number of fused-ring (bicyclic) bond motifs is 1. The summed E-state index contributed by atoms with van der Waals surface area (Å²) >= 11 is 7.81. The van der Waals surface area contributed by atoms with Crippen LogP contribution in [-0.4, -0.2) is 5.11 Å². The van der Waals surface area contributed by atoms with Crippen molar-refractivity contribution in [3.05, 3.63) is 59.1 Å². The molecule has 0 spiro atoms. The molecule has 1 nitrogen and oxygen atoms in total. The second-order valence-electron chi connectivity index (χ2n) is 4.15. The average Bonchev–Trinajstić information content (AvgIpc) is 2.81. The smallest absolute Gasteiger partial charge is 0.0682 e. The van der Waals surface area contributed by atoms with E-state index >= 15 is 0 Å². The summed E-state index contributed by atoms with van der Waals surface area (Å²) in [7, 11) is 0. The maximum Gasteiger partial charge on any atom is 0.0682 e. The fraction of sp³-hybridized carbons (Fsp3) is 0.0667. The average molecular weight is 275 g/mol. The third-order valence-corrected chi connectivity index (χ3v) is 4.23. The van der Waals surface area contributed by atoms with Gasteiger partial charge in [0.1, 0.15) is 0 Å². The van der Waals surface area contributed by atoms with Crippen molar-refractivity contribution < 1.29 is 5.11 Å². The SMILES string of the molecule is OCc1cc(Cl)cc(-c2cc3ccccc3s2)c1. The van der Waals surface area contributed by atoms with Crippen LogP contribution in [0.25, 0.3) is 20.5 Å². The minimum atomic E-state index is 0.0124. The zero-order chi connectivity index (χ0) is 12.5. The maximum atomic E-state index is 9.22. The highest BCUT2D eigenvalue weighted by atomic mass is 35.5. The first-order valence-electron chi connectivity index (χ1n) is 5.65. The standard InChI is InChI=1S/C15H11ClOS/c16-13-6-10(9-17)5-12(7-13)15-8-11-3-1-2-4-14(11)18-15/h1-8,17H,9H2. The van der Waals surface area contributed by atoms with Gasteiger partial charge in [-0.15, -0.1) is 11.3 Å². The van der Waals surface area contributed by atoms with Crippen LogP contribution in [0.4, 0.5) is 0 Å². The van der Waals surface area contributed by atoms with Crippen molar-refractivity contribution in [3.8, 4) is 10.4 Å². The molecule has 0 aliphatic heterocycles. The van der Waals surface area contributed by atoms with Gasteiger partial charge in [-0.1, -0.05) is 29.8 Å². The van der Waals surface area contributed by atoms with Crippen molar-refractivity contribution in [2.45, 2.75) is 6.61 Å². The Morgan fingerprint density at radius 3 is 2.67 bits per heavy atom. The molecule has 3 aromatic rings. The predicted octanol–water partition coefficient (Wildman–Crippen LogP) is 4.71. The van der Waals surface area contributed by atoms with Crippen LogP contribution < -0.4 is 0 Å². The summed E-state index contributed by atoms with van der Waals surface area (Å²) < 4.78 is 1.26. The molecule has 18 heavy (non-hydrogen) atoms. The molecule has 3 heteroatoms. The summed E-state index contributed by atoms with van der Waals surface area (Å²) in [6.45, 7) is 0.0124. The van der Waals surface area contributed by atoms with Gasteiger partial charge in [-0.25, -0.2) is 0 Å². The van der Waals surface area contributed by atoms with Crippen LogP contribution in [0.15, 0.2) is 48.5 Å². The van der Waals surface area contributed by atoms with Gasteiger partial charge in [-0.3, -0.25) is 0 Å². The molecule has 0 aliphatic rings. The maximum absolute atomic E-state index is 9.22. The van der Waals surface area contributed by atoms with E-state index in [0.717, 1.165) is 11.1 Å². The fourth-order valence-corrected chi connectivity index (χ4v) is 3.32. The van der Waals surface area contributed by atoms with Crippen molar-refractivity contribution in [3.63, 3.8) is 0 Å². The van der Waals surface area contributed by atoms with E-state index in [9.17, 15) is 5.11 Å². The van der Waals surface area contributed by atoms with E-state index in [-0.39, 0.29) is 6.61 Å². The Bertz CT molecular complexity index is 670. The molecule has 0 amide bonds. The molecule has 1 aromatic heterocycles. The quantitative estimate of drug-likeness (QED) is 0.717. The molecule has 0 unspecified atom stereocenters. The van der Waals surface area contributed by atoms with Crippen molar-refractivity contribution in [1.82, 2.24) is 0 Å². The van der Waals surface area contributed by atoms with E-state index < -0.39 is 0 Å². The Morgan fingerprint density at radius 1 is 1.06 bits per heavy atom. The Labute approximate surface area is 114 Å². The fourth-order valence-electron chi connectivity index (χ4n) is 2.01. The highest BCUT2D eigenvalue weighted by Crippen LogP contribution is 2.34. The molecule has 1 N–H and O–H groups in total. The van der Waals surface area contributed by atoms with Crippen LogP contribution >= 0.6 is 22.9 Å². The second-order valence-corrected chi connectivity index (χ2v) is 5.67. The van der Waals surface area contributed by atoms with Crippen molar-refractivity contribution in [2.24, 2.45) is 0 Å². The van der Waals surface area contributed by atoms with Gasteiger partial charge in [-0.05, 0) is 46.8 Å². The Kier molecular flexibility index (Phi) is 3.08. The van der Waals surface area contributed by atoms with Crippen LogP contribution in [0.1, 0.15) is 5.56 Å². The molecule has 0 saturated heterocycles. The van der Waals surface area contributed by atoms with Crippen LogP contribution in [0.2, 0.25) is 5.02 Å². The Hall–Kier alpha value is -1.35. The van der Waals surface area contributed by atoms with Crippen LogP contribution in [0.5, 0.6) is 0 Å². The van der Waals surface area contributed by atoms with E-state index in [1.54, 1.807) is 17.4 Å². The van der Waals surface area contributed by atoms with Gasteiger partial charge in [0.05, 0.1) is 6.61 Å². The van der Waals surface area contributed by atoms with E-state index in [0.29, 0.717) is 5.02 Å². The topological polar surface area (TPSA) is 20.2 Å². The number of thiophene rings is 1. The summed E-state index contributed by atoms with van der Waals surface area (Å²) in [5.74, 6) is 0. The number of hydrogen-bond donors (Lipinski definition) is 1. The van der Waals surface area contributed by atoms with Crippen LogP contribution in [0.3, 0.4) is 0 Å². The molecule has 0 radical (unpaired) electrons. The van der Waals surface area contributed by atoms with Crippen molar-refractivity contribution in [2.75, 3.05) is 0 Å². The summed E-state index contributed by atoms with van der Waals surface area (Å²) in [4.78, 5) is 1.17. The molecule has 2 aromatic carbocycles. The molecular formula is C15H11ClOS. The number of halogens is 1. The zero-order valence-electron chi connectivity index (χ0n) is 9.56. The predicted molar refractivity (Wildman–Crippen MR) is 78.2 cm³/mol. The lowest BCUT2D eigenvalue weighted by molar-refractivity contribution is 0.282. The van der Waals surface area contributed by atoms with Gasteiger partial charge < -0.3 is 5.11 Å². The molecule has 0 saturated carbocycles. The zero-order valence-corrected chi connectivity index (χ0v) is 11.1. The Morgan fingerprint density at radius 2 is 1.89 bits per heavy atom. The Balaban J connectivity index is 2.16. The molecule has 90 valence electrons. The van der Waals surface area contributed by atoms with E-state index in [1.807, 2.05) is 24.3 Å². The van der Waals surface area contributed by atoms with E-state index in [2.05, 4.69) is 18.2 Å².